The molecule has 0 bridgehead atoms. The molecule has 1 aliphatic heterocycles. The minimum atomic E-state index is -0.0965. The van der Waals surface area contributed by atoms with Crippen LogP contribution in [-0.4, -0.2) is 39.7 Å². The minimum absolute atomic E-state index is 0.0242. The van der Waals surface area contributed by atoms with Crippen LogP contribution < -0.4 is 10.7 Å². The number of nitrogens with one attached hydrogen (secondary N) is 1. The Hall–Kier alpha value is -2.99. The third-order valence-electron chi connectivity index (χ3n) is 5.20. The number of hydrogen-bond donors (Lipinski definition) is 1. The Labute approximate surface area is 163 Å². The van der Waals surface area contributed by atoms with Crippen molar-refractivity contribution in [2.45, 2.75) is 32.0 Å². The van der Waals surface area contributed by atoms with E-state index in [0.717, 1.165) is 31.6 Å². The van der Waals surface area contributed by atoms with E-state index in [1.165, 1.54) is 11.8 Å². The van der Waals surface area contributed by atoms with E-state index >= 15 is 0 Å². The lowest BCUT2D eigenvalue weighted by atomic mass is 10.2. The fourth-order valence-corrected chi connectivity index (χ4v) is 3.78. The number of likely N-dealkylation sites (tertiary alicyclic amines) is 1. The Kier molecular flexibility index (Phi) is 5.48. The second-order valence-corrected chi connectivity index (χ2v) is 7.27. The predicted molar refractivity (Wildman–Crippen MR) is 109 cm³/mol. The molecule has 1 atom stereocenters. The van der Waals surface area contributed by atoms with Gasteiger partial charge in [-0.15, -0.1) is 0 Å². The zero-order valence-electron chi connectivity index (χ0n) is 15.8. The highest BCUT2D eigenvalue weighted by molar-refractivity contribution is 5.79. The average Bonchev–Trinajstić information content (AvgIpc) is 3.15. The largest absolute Gasteiger partial charge is 0.352 e. The van der Waals surface area contributed by atoms with E-state index in [0.29, 0.717) is 18.4 Å². The molecule has 1 fully saturated rings. The van der Waals surface area contributed by atoms with Gasteiger partial charge in [-0.2, -0.15) is 5.10 Å². The molecule has 144 valence electrons. The molecule has 1 saturated heterocycles. The molecule has 0 radical (unpaired) electrons. The first kappa shape index (κ1) is 18.4. The molecule has 28 heavy (non-hydrogen) atoms. The predicted octanol–water partition coefficient (Wildman–Crippen LogP) is 2.18. The van der Waals surface area contributed by atoms with Crippen LogP contribution >= 0.6 is 0 Å². The summed E-state index contributed by atoms with van der Waals surface area (Å²) in [5.74, 6) is 0.0242. The van der Waals surface area contributed by atoms with E-state index in [2.05, 4.69) is 39.6 Å². The zero-order valence-corrected chi connectivity index (χ0v) is 15.8. The number of para-hydroxylation sites is 1. The molecule has 0 spiro atoms. The Morgan fingerprint density at radius 2 is 1.89 bits per heavy atom. The molecule has 1 aliphatic rings. The fourth-order valence-electron chi connectivity index (χ4n) is 3.78. The Morgan fingerprint density at radius 3 is 2.75 bits per heavy atom. The van der Waals surface area contributed by atoms with E-state index in [1.807, 2.05) is 24.3 Å². The van der Waals surface area contributed by atoms with Crippen LogP contribution in [0.25, 0.3) is 10.9 Å². The summed E-state index contributed by atoms with van der Waals surface area (Å²) < 4.78 is 1.73. The number of nitrogens with zero attached hydrogens (tertiary/aromatic N) is 3. The zero-order chi connectivity index (χ0) is 19.3. The topological polar surface area (TPSA) is 67.2 Å². The summed E-state index contributed by atoms with van der Waals surface area (Å²) in [5.41, 5.74) is 1.96. The van der Waals surface area contributed by atoms with Crippen molar-refractivity contribution in [3.63, 3.8) is 0 Å². The number of rotatable bonds is 6. The third-order valence-corrected chi connectivity index (χ3v) is 5.20. The number of benzene rings is 2. The number of amides is 1. The molecule has 6 nitrogen and oxygen atoms in total. The summed E-state index contributed by atoms with van der Waals surface area (Å²) in [6, 6.07) is 17.9. The van der Waals surface area contributed by atoms with Gasteiger partial charge in [-0.25, -0.2) is 0 Å². The fraction of sp³-hybridized carbons (Fsp3) is 0.318. The number of aryl methyl sites for hydroxylation is 1. The van der Waals surface area contributed by atoms with Crippen LogP contribution in [0.2, 0.25) is 0 Å². The summed E-state index contributed by atoms with van der Waals surface area (Å²) in [6.45, 7) is 3.24. The molecule has 1 N–H and O–H groups in total. The van der Waals surface area contributed by atoms with Gasteiger partial charge in [-0.05, 0) is 24.1 Å². The molecular weight excluding hydrogens is 352 g/mol. The van der Waals surface area contributed by atoms with Gasteiger partial charge in [0.25, 0.3) is 0 Å². The molecule has 1 amide bonds. The van der Waals surface area contributed by atoms with E-state index in [-0.39, 0.29) is 17.4 Å². The maximum Gasteiger partial charge on any atom is 0.222 e. The minimum Gasteiger partial charge on any atom is -0.352 e. The van der Waals surface area contributed by atoms with Gasteiger partial charge in [0.1, 0.15) is 0 Å². The summed E-state index contributed by atoms with van der Waals surface area (Å²) in [6.07, 6.45) is 2.63. The van der Waals surface area contributed by atoms with E-state index in [9.17, 15) is 9.59 Å². The van der Waals surface area contributed by atoms with Gasteiger partial charge in [0.15, 0.2) is 0 Å². The average molecular weight is 376 g/mol. The van der Waals surface area contributed by atoms with E-state index < -0.39 is 0 Å². The molecule has 0 aliphatic carbocycles. The summed E-state index contributed by atoms with van der Waals surface area (Å²) in [7, 11) is 0. The van der Waals surface area contributed by atoms with Gasteiger partial charge < -0.3 is 5.32 Å². The van der Waals surface area contributed by atoms with E-state index in [4.69, 9.17) is 0 Å². The Balaban J connectivity index is 1.30. The van der Waals surface area contributed by atoms with Gasteiger partial charge >= 0.3 is 0 Å². The molecular formula is C22H24N4O2. The quantitative estimate of drug-likeness (QED) is 0.716. The SMILES string of the molecule is O=C(CCn1ncc(=O)c2ccccc21)N[C@H]1CCN(Cc2ccccc2)C1. The van der Waals surface area contributed by atoms with Gasteiger partial charge in [0.05, 0.1) is 18.3 Å². The molecule has 1 aromatic heterocycles. The monoisotopic (exact) mass is 376 g/mol. The van der Waals surface area contributed by atoms with Crippen LogP contribution in [-0.2, 0) is 17.9 Å². The maximum absolute atomic E-state index is 12.4. The number of hydrogen-bond acceptors (Lipinski definition) is 4. The van der Waals surface area contributed by atoms with Crippen LogP contribution in [0.15, 0.2) is 65.6 Å². The Morgan fingerprint density at radius 1 is 1.11 bits per heavy atom. The summed E-state index contributed by atoms with van der Waals surface area (Å²) in [4.78, 5) is 26.7. The number of fused-ring (bicyclic) bond motifs is 1. The molecule has 6 heteroatoms. The number of carbonyl (C=O) groups excluding carboxylic acids is 1. The second-order valence-electron chi connectivity index (χ2n) is 7.27. The van der Waals surface area contributed by atoms with Gasteiger partial charge in [-0.3, -0.25) is 19.2 Å². The number of carbonyl (C=O) groups is 1. The lowest BCUT2D eigenvalue weighted by Gasteiger charge is -2.17. The van der Waals surface area contributed by atoms with Crippen LogP contribution in [0.3, 0.4) is 0 Å². The first-order chi connectivity index (χ1) is 13.7. The van der Waals surface area contributed by atoms with Crippen molar-refractivity contribution in [2.24, 2.45) is 0 Å². The van der Waals surface area contributed by atoms with Crippen molar-refractivity contribution in [2.75, 3.05) is 13.1 Å². The van der Waals surface area contributed by atoms with Crippen molar-refractivity contribution in [3.8, 4) is 0 Å². The highest BCUT2D eigenvalue weighted by Crippen LogP contribution is 2.14. The van der Waals surface area contributed by atoms with Crippen molar-refractivity contribution >= 4 is 16.8 Å². The van der Waals surface area contributed by atoms with Gasteiger partial charge in [0.2, 0.25) is 11.3 Å². The third kappa shape index (κ3) is 4.28. The first-order valence-corrected chi connectivity index (χ1v) is 9.69. The summed E-state index contributed by atoms with van der Waals surface area (Å²) in [5, 5.41) is 7.96. The van der Waals surface area contributed by atoms with Gasteiger partial charge in [0, 0.05) is 37.5 Å². The standard InChI is InChI=1S/C22H24N4O2/c27-21-14-23-26(20-9-5-4-8-19(20)21)13-11-22(28)24-18-10-12-25(16-18)15-17-6-2-1-3-7-17/h1-9,14,18H,10-13,15-16H2,(H,24,28)/t18-/m0/s1. The lowest BCUT2D eigenvalue weighted by molar-refractivity contribution is -0.122. The highest BCUT2D eigenvalue weighted by Gasteiger charge is 2.23. The van der Waals surface area contributed by atoms with Crippen molar-refractivity contribution in [1.82, 2.24) is 20.0 Å². The van der Waals surface area contributed by atoms with E-state index in [1.54, 1.807) is 10.7 Å². The lowest BCUT2D eigenvalue weighted by Crippen LogP contribution is -2.37. The van der Waals surface area contributed by atoms with Crippen molar-refractivity contribution in [1.29, 1.82) is 0 Å². The van der Waals surface area contributed by atoms with Crippen molar-refractivity contribution in [3.05, 3.63) is 76.6 Å². The second kappa shape index (κ2) is 8.35. The number of aromatic nitrogens is 2. The molecule has 3 aromatic rings. The molecule has 4 rings (SSSR count). The van der Waals surface area contributed by atoms with Gasteiger partial charge in [-0.1, -0.05) is 42.5 Å². The summed E-state index contributed by atoms with van der Waals surface area (Å²) >= 11 is 0. The molecule has 0 unspecified atom stereocenters. The smallest absolute Gasteiger partial charge is 0.222 e. The molecule has 2 heterocycles. The van der Waals surface area contributed by atoms with Crippen LogP contribution in [0.4, 0.5) is 0 Å². The van der Waals surface area contributed by atoms with Crippen molar-refractivity contribution < 1.29 is 4.79 Å². The Bertz CT molecular complexity index is 1020. The van der Waals surface area contributed by atoms with Crippen LogP contribution in [0.1, 0.15) is 18.4 Å². The van der Waals surface area contributed by atoms with Crippen LogP contribution in [0.5, 0.6) is 0 Å². The highest BCUT2D eigenvalue weighted by atomic mass is 16.1. The first-order valence-electron chi connectivity index (χ1n) is 9.69. The molecule has 0 saturated carbocycles. The molecule has 2 aromatic carbocycles. The normalized spacial score (nSPS) is 17.1. The maximum atomic E-state index is 12.4. The van der Waals surface area contributed by atoms with Crippen LogP contribution in [0, 0.1) is 0 Å².